The van der Waals surface area contributed by atoms with Crippen molar-refractivity contribution in [1.82, 2.24) is 9.88 Å². The zero-order chi connectivity index (χ0) is 27.1. The molecule has 0 radical (unpaired) electrons. The highest BCUT2D eigenvalue weighted by atomic mass is 32.2. The quantitative estimate of drug-likeness (QED) is 0.298. The van der Waals surface area contributed by atoms with Crippen LogP contribution in [0.25, 0.3) is 0 Å². The van der Waals surface area contributed by atoms with E-state index in [1.54, 1.807) is 43.8 Å². The summed E-state index contributed by atoms with van der Waals surface area (Å²) in [6.07, 6.45) is 3.44. The number of primary sulfonamides is 1. The Morgan fingerprint density at radius 1 is 0.842 bits per heavy atom. The fourth-order valence-corrected chi connectivity index (χ4v) is 4.69. The van der Waals surface area contributed by atoms with Gasteiger partial charge in [-0.2, -0.15) is 0 Å². The van der Waals surface area contributed by atoms with Crippen molar-refractivity contribution in [3.8, 4) is 5.75 Å². The SMILES string of the molecule is COc1ccc(CN(C(=S)N(Cc2ccncc2)Cc2ccc(F)cc2)c2ccc(S(N)(=O)=O)cc2)cc1. The smallest absolute Gasteiger partial charge is 0.238 e. The number of pyridine rings is 1. The topological polar surface area (TPSA) is 88.8 Å². The molecule has 0 atom stereocenters. The predicted molar refractivity (Wildman–Crippen MR) is 149 cm³/mol. The summed E-state index contributed by atoms with van der Waals surface area (Å²) >= 11 is 6.05. The molecule has 0 unspecified atom stereocenters. The van der Waals surface area contributed by atoms with Crippen molar-refractivity contribution in [2.24, 2.45) is 5.14 Å². The molecule has 0 spiro atoms. The number of hydrogen-bond acceptors (Lipinski definition) is 5. The summed E-state index contributed by atoms with van der Waals surface area (Å²) in [6.45, 7) is 1.32. The number of methoxy groups -OCH3 is 1. The number of anilines is 1. The Hall–Kier alpha value is -3.86. The van der Waals surface area contributed by atoms with E-state index in [0.717, 1.165) is 22.4 Å². The van der Waals surface area contributed by atoms with Crippen LogP contribution in [0.2, 0.25) is 0 Å². The first-order valence-corrected chi connectivity index (χ1v) is 13.6. The summed E-state index contributed by atoms with van der Waals surface area (Å²) in [5, 5.41) is 5.81. The number of halogens is 1. The summed E-state index contributed by atoms with van der Waals surface area (Å²) in [7, 11) is -2.24. The minimum atomic E-state index is -3.85. The van der Waals surface area contributed by atoms with Crippen LogP contribution >= 0.6 is 12.2 Å². The highest BCUT2D eigenvalue weighted by molar-refractivity contribution is 7.89. The van der Waals surface area contributed by atoms with Gasteiger partial charge in [-0.25, -0.2) is 17.9 Å². The lowest BCUT2D eigenvalue weighted by Gasteiger charge is -2.34. The van der Waals surface area contributed by atoms with E-state index in [1.165, 1.54) is 24.3 Å². The maximum Gasteiger partial charge on any atom is 0.238 e. The molecule has 4 aromatic rings. The molecule has 0 bridgehead atoms. The van der Waals surface area contributed by atoms with Crippen molar-refractivity contribution in [3.63, 3.8) is 0 Å². The third-order valence-corrected chi connectivity index (χ3v) is 7.30. The first kappa shape index (κ1) is 27.2. The molecule has 10 heteroatoms. The number of rotatable bonds is 9. The van der Waals surface area contributed by atoms with Crippen molar-refractivity contribution in [2.75, 3.05) is 12.0 Å². The lowest BCUT2D eigenvalue weighted by atomic mass is 10.1. The van der Waals surface area contributed by atoms with Gasteiger partial charge in [0, 0.05) is 31.2 Å². The summed E-state index contributed by atoms with van der Waals surface area (Å²) in [5.41, 5.74) is 3.54. The normalized spacial score (nSPS) is 11.1. The monoisotopic (exact) mass is 550 g/mol. The number of nitrogens with two attached hydrogens (primary N) is 1. The summed E-state index contributed by atoms with van der Waals surface area (Å²) < 4.78 is 42.5. The van der Waals surface area contributed by atoms with Crippen LogP contribution in [-0.2, 0) is 29.7 Å². The Morgan fingerprint density at radius 3 is 1.92 bits per heavy atom. The number of aromatic nitrogens is 1. The Labute approximate surface area is 227 Å². The van der Waals surface area contributed by atoms with Crippen LogP contribution < -0.4 is 14.8 Å². The van der Waals surface area contributed by atoms with Crippen LogP contribution in [-0.4, -0.2) is 30.5 Å². The van der Waals surface area contributed by atoms with Gasteiger partial charge in [-0.3, -0.25) is 4.98 Å². The van der Waals surface area contributed by atoms with E-state index in [2.05, 4.69) is 4.98 Å². The van der Waals surface area contributed by atoms with Gasteiger partial charge in [-0.1, -0.05) is 24.3 Å². The van der Waals surface area contributed by atoms with Gasteiger partial charge < -0.3 is 14.5 Å². The van der Waals surface area contributed by atoms with Crippen LogP contribution in [0, 0.1) is 5.82 Å². The molecule has 2 N–H and O–H groups in total. The van der Waals surface area contributed by atoms with Gasteiger partial charge in [-0.15, -0.1) is 0 Å². The predicted octanol–water partition coefficient (Wildman–Crippen LogP) is 4.87. The fraction of sp³-hybridized carbons (Fsp3) is 0.143. The zero-order valence-electron chi connectivity index (χ0n) is 20.7. The maximum atomic E-state index is 13.6. The molecule has 0 aliphatic rings. The number of benzene rings is 3. The number of sulfonamides is 1. The average molecular weight is 551 g/mol. The minimum absolute atomic E-state index is 0.0107. The van der Waals surface area contributed by atoms with Gasteiger partial charge in [-0.05, 0) is 89.6 Å². The van der Waals surface area contributed by atoms with Crippen molar-refractivity contribution in [1.29, 1.82) is 0 Å². The Balaban J connectivity index is 1.71. The number of thiocarbonyl (C=S) groups is 1. The standard InChI is InChI=1S/C28H27FN4O3S2/c1-36-26-10-4-22(5-11-26)20-33(25-8-12-27(13-9-25)38(30,34)35)28(37)32(19-23-14-16-31-17-15-23)18-21-2-6-24(29)7-3-21/h2-17H,18-20H2,1H3,(H2,30,34,35). The van der Waals surface area contributed by atoms with Gasteiger partial charge in [0.2, 0.25) is 10.0 Å². The average Bonchev–Trinajstić information content (AvgIpc) is 2.93. The molecule has 3 aromatic carbocycles. The molecule has 0 saturated heterocycles. The van der Waals surface area contributed by atoms with E-state index in [-0.39, 0.29) is 10.7 Å². The Bertz CT molecular complexity index is 1470. The van der Waals surface area contributed by atoms with Gasteiger partial charge in [0.25, 0.3) is 0 Å². The molecule has 0 aliphatic heterocycles. The minimum Gasteiger partial charge on any atom is -0.497 e. The lowest BCUT2D eigenvalue weighted by molar-refractivity contribution is 0.405. The highest BCUT2D eigenvalue weighted by Gasteiger charge is 2.21. The van der Waals surface area contributed by atoms with Gasteiger partial charge >= 0.3 is 0 Å². The maximum absolute atomic E-state index is 13.6. The van der Waals surface area contributed by atoms with Crippen LogP contribution in [0.5, 0.6) is 5.75 Å². The van der Waals surface area contributed by atoms with Gasteiger partial charge in [0.1, 0.15) is 11.6 Å². The Kier molecular flexibility index (Phi) is 8.67. The van der Waals surface area contributed by atoms with Crippen molar-refractivity contribution in [3.05, 3.63) is 120 Å². The third-order valence-electron chi connectivity index (χ3n) is 5.89. The molecule has 196 valence electrons. The second kappa shape index (κ2) is 12.1. The van der Waals surface area contributed by atoms with Gasteiger partial charge in [0.15, 0.2) is 5.11 Å². The molecule has 0 amide bonds. The van der Waals surface area contributed by atoms with Crippen LogP contribution in [0.4, 0.5) is 10.1 Å². The van der Waals surface area contributed by atoms with Crippen molar-refractivity contribution >= 4 is 33.0 Å². The van der Waals surface area contributed by atoms with Crippen LogP contribution in [0.1, 0.15) is 16.7 Å². The number of nitrogens with zero attached hydrogens (tertiary/aromatic N) is 3. The molecule has 1 aromatic heterocycles. The van der Waals surface area contributed by atoms with Gasteiger partial charge in [0.05, 0.1) is 18.6 Å². The number of hydrogen-bond donors (Lipinski definition) is 1. The van der Waals surface area contributed by atoms with E-state index in [9.17, 15) is 12.8 Å². The molecule has 0 fully saturated rings. The van der Waals surface area contributed by atoms with E-state index in [4.69, 9.17) is 22.1 Å². The molecular weight excluding hydrogens is 523 g/mol. The molecule has 4 rings (SSSR count). The van der Waals surface area contributed by atoms with Crippen LogP contribution in [0.15, 0.2) is 102 Å². The van der Waals surface area contributed by atoms with E-state index < -0.39 is 10.0 Å². The summed E-state index contributed by atoms with van der Waals surface area (Å²) in [5.74, 6) is 0.420. The lowest BCUT2D eigenvalue weighted by Crippen LogP contribution is -2.42. The molecule has 0 aliphatic carbocycles. The molecule has 7 nitrogen and oxygen atoms in total. The van der Waals surface area contributed by atoms with Crippen molar-refractivity contribution in [2.45, 2.75) is 24.5 Å². The van der Waals surface area contributed by atoms with Crippen LogP contribution in [0.3, 0.4) is 0 Å². The Morgan fingerprint density at radius 2 is 1.37 bits per heavy atom. The molecule has 38 heavy (non-hydrogen) atoms. The summed E-state index contributed by atoms with van der Waals surface area (Å²) in [6, 6.07) is 24.0. The zero-order valence-corrected chi connectivity index (χ0v) is 22.3. The molecular formula is C28H27FN4O3S2. The second-order valence-electron chi connectivity index (χ2n) is 8.59. The number of ether oxygens (including phenoxy) is 1. The highest BCUT2D eigenvalue weighted by Crippen LogP contribution is 2.24. The van der Waals surface area contributed by atoms with Crippen molar-refractivity contribution < 1.29 is 17.5 Å². The fourth-order valence-electron chi connectivity index (χ4n) is 3.88. The van der Waals surface area contributed by atoms with E-state index >= 15 is 0 Å². The first-order valence-electron chi connectivity index (χ1n) is 11.7. The van der Waals surface area contributed by atoms with E-state index in [1.807, 2.05) is 46.2 Å². The largest absolute Gasteiger partial charge is 0.497 e. The summed E-state index contributed by atoms with van der Waals surface area (Å²) in [4.78, 5) is 8.04. The second-order valence-corrected chi connectivity index (χ2v) is 10.5. The first-order chi connectivity index (χ1) is 18.2. The van der Waals surface area contributed by atoms with E-state index in [0.29, 0.717) is 30.4 Å². The molecule has 0 saturated carbocycles. The molecule has 1 heterocycles. The third kappa shape index (κ3) is 7.12.